The second-order valence-corrected chi connectivity index (χ2v) is 3.29. The molecular weight excluding hydrogens is 159 g/mol. The molecule has 62 valence electrons. The molecule has 0 bridgehead atoms. The zero-order chi connectivity index (χ0) is 8.20. The van der Waals surface area contributed by atoms with E-state index in [0.29, 0.717) is 0 Å². The molecule has 0 amide bonds. The van der Waals surface area contributed by atoms with E-state index in [-0.39, 0.29) is 6.61 Å². The summed E-state index contributed by atoms with van der Waals surface area (Å²) in [6.45, 7) is 1.14. The van der Waals surface area contributed by atoms with E-state index in [1.807, 2.05) is 0 Å². The van der Waals surface area contributed by atoms with Crippen LogP contribution in [0.3, 0.4) is 0 Å². The van der Waals surface area contributed by atoms with Crippen LogP contribution in [0.25, 0.3) is 0 Å². The Balaban J connectivity index is 3.58. The summed E-state index contributed by atoms with van der Waals surface area (Å²) < 4.78 is 18.5. The molecule has 0 aliphatic carbocycles. The summed E-state index contributed by atoms with van der Waals surface area (Å²) in [7, 11) is -3.14. The van der Waals surface area contributed by atoms with E-state index >= 15 is 0 Å². The molecular formula is C4H10O5P-. The molecule has 0 aliphatic heterocycles. The molecule has 0 spiro atoms. The molecule has 2 atom stereocenters. The number of aliphatic hydroxyl groups is 1. The lowest BCUT2D eigenvalue weighted by Gasteiger charge is -2.20. The van der Waals surface area contributed by atoms with Gasteiger partial charge in [-0.15, -0.1) is 0 Å². The predicted octanol–water partition coefficient (Wildman–Crippen LogP) is -0.501. The summed E-state index contributed by atoms with van der Waals surface area (Å²) in [5.74, 6) is 0. The van der Waals surface area contributed by atoms with Gasteiger partial charge < -0.3 is 19.0 Å². The van der Waals surface area contributed by atoms with Gasteiger partial charge in [-0.1, -0.05) is 0 Å². The zero-order valence-corrected chi connectivity index (χ0v) is 6.71. The molecule has 10 heavy (non-hydrogen) atoms. The average Bonchev–Trinajstić information content (AvgIpc) is 1.85. The summed E-state index contributed by atoms with van der Waals surface area (Å²) in [6, 6.07) is 0. The van der Waals surface area contributed by atoms with Gasteiger partial charge in [0.1, 0.15) is 0 Å². The minimum Gasteiger partial charge on any atom is -0.756 e. The Labute approximate surface area is 59.2 Å². The summed E-state index contributed by atoms with van der Waals surface area (Å²) in [5.41, 5.74) is 0. The Morgan fingerprint density at radius 2 is 2.30 bits per heavy atom. The quantitative estimate of drug-likeness (QED) is 0.574. The van der Waals surface area contributed by atoms with Crippen molar-refractivity contribution in [3.8, 4) is 0 Å². The van der Waals surface area contributed by atoms with Crippen molar-refractivity contribution < 1.29 is 23.6 Å². The van der Waals surface area contributed by atoms with Crippen LogP contribution in [0.5, 0.6) is 0 Å². The monoisotopic (exact) mass is 169 g/mol. The van der Waals surface area contributed by atoms with Gasteiger partial charge in [0, 0.05) is 7.11 Å². The van der Waals surface area contributed by atoms with E-state index in [9.17, 15) is 9.46 Å². The molecule has 6 heteroatoms. The smallest absolute Gasteiger partial charge is 0.267 e. The highest BCUT2D eigenvalue weighted by Gasteiger charge is 2.07. The van der Waals surface area contributed by atoms with Crippen LogP contribution >= 0.6 is 7.82 Å². The van der Waals surface area contributed by atoms with Gasteiger partial charge in [0.15, 0.2) is 0 Å². The molecule has 0 aliphatic rings. The van der Waals surface area contributed by atoms with Gasteiger partial charge in [-0.05, 0) is 6.92 Å². The van der Waals surface area contributed by atoms with Gasteiger partial charge in [0.2, 0.25) is 0 Å². The van der Waals surface area contributed by atoms with Gasteiger partial charge >= 0.3 is 0 Å². The number of aliphatic hydroxyl groups excluding tert-OH is 1. The lowest BCUT2D eigenvalue weighted by Crippen LogP contribution is -2.14. The lowest BCUT2D eigenvalue weighted by atomic mass is 10.5. The number of hydrogen-bond donors (Lipinski definition) is 1. The fourth-order valence-electron chi connectivity index (χ4n) is 0.252. The molecule has 0 aromatic carbocycles. The Morgan fingerprint density at radius 3 is 2.60 bits per heavy atom. The van der Waals surface area contributed by atoms with Gasteiger partial charge in [0.25, 0.3) is 7.82 Å². The van der Waals surface area contributed by atoms with Crippen LogP contribution in [-0.2, 0) is 13.6 Å². The maximum atomic E-state index is 10.4. The Morgan fingerprint density at radius 1 is 1.80 bits per heavy atom. The molecule has 0 saturated carbocycles. The first-order chi connectivity index (χ1) is 4.48. The van der Waals surface area contributed by atoms with E-state index in [0.717, 1.165) is 7.11 Å². The van der Waals surface area contributed by atoms with Crippen molar-refractivity contribution in [1.82, 2.24) is 0 Å². The van der Waals surface area contributed by atoms with Crippen molar-refractivity contribution in [3.63, 3.8) is 0 Å². The van der Waals surface area contributed by atoms with Crippen LogP contribution in [0.15, 0.2) is 0 Å². The molecule has 0 fully saturated rings. The Bertz CT molecular complexity index is 134. The van der Waals surface area contributed by atoms with Crippen LogP contribution < -0.4 is 4.89 Å². The molecule has 0 radical (unpaired) electrons. The highest BCUT2D eigenvalue weighted by Crippen LogP contribution is 2.36. The molecule has 5 nitrogen and oxygen atoms in total. The van der Waals surface area contributed by atoms with Gasteiger partial charge in [-0.3, -0.25) is 4.57 Å². The second kappa shape index (κ2) is 4.05. The summed E-state index contributed by atoms with van der Waals surface area (Å²) in [5, 5.41) is 8.57. The first kappa shape index (κ1) is 10.1. The summed E-state index contributed by atoms with van der Waals surface area (Å²) in [4.78, 5) is 10.4. The third kappa shape index (κ3) is 4.90. The molecule has 0 rings (SSSR count). The lowest BCUT2D eigenvalue weighted by molar-refractivity contribution is -0.224. The minimum absolute atomic E-state index is 0.269. The first-order valence-corrected chi connectivity index (χ1v) is 4.13. The van der Waals surface area contributed by atoms with Crippen LogP contribution in [0.2, 0.25) is 0 Å². The minimum atomic E-state index is -4.14. The molecule has 0 aromatic heterocycles. The molecule has 2 unspecified atom stereocenters. The van der Waals surface area contributed by atoms with Crippen molar-refractivity contribution in [3.05, 3.63) is 0 Å². The van der Waals surface area contributed by atoms with E-state index < -0.39 is 13.9 Å². The number of phosphoric acid groups is 1. The maximum Gasteiger partial charge on any atom is 0.267 e. The number of phosphoric ester groups is 1. The fourth-order valence-corrected chi connectivity index (χ4v) is 0.756. The topological polar surface area (TPSA) is 78.8 Å². The van der Waals surface area contributed by atoms with E-state index in [4.69, 9.17) is 5.11 Å². The van der Waals surface area contributed by atoms with Crippen molar-refractivity contribution in [2.75, 3.05) is 13.7 Å². The number of hydrogen-bond acceptors (Lipinski definition) is 5. The highest BCUT2D eigenvalue weighted by molar-refractivity contribution is 7.45. The van der Waals surface area contributed by atoms with E-state index in [1.54, 1.807) is 0 Å². The van der Waals surface area contributed by atoms with Crippen LogP contribution in [0.1, 0.15) is 6.92 Å². The predicted molar refractivity (Wildman–Crippen MR) is 32.2 cm³/mol. The van der Waals surface area contributed by atoms with E-state index in [2.05, 4.69) is 9.05 Å². The fraction of sp³-hybridized carbons (Fsp3) is 1.00. The van der Waals surface area contributed by atoms with Crippen LogP contribution in [0.4, 0.5) is 0 Å². The average molecular weight is 169 g/mol. The van der Waals surface area contributed by atoms with Gasteiger partial charge in [-0.25, -0.2) is 0 Å². The third-order valence-electron chi connectivity index (χ3n) is 0.697. The van der Waals surface area contributed by atoms with Crippen LogP contribution in [0, 0.1) is 0 Å². The second-order valence-electron chi connectivity index (χ2n) is 1.77. The largest absolute Gasteiger partial charge is 0.756 e. The normalized spacial score (nSPS) is 20.0. The van der Waals surface area contributed by atoms with Gasteiger partial charge in [0.05, 0.1) is 12.7 Å². The molecule has 0 saturated heterocycles. The standard InChI is InChI=1S/C4H11O5P/c1-4(5)3-9-10(6,7)8-2/h4-5H,3H2,1-2H3,(H,6,7)/p-1. The van der Waals surface area contributed by atoms with Crippen molar-refractivity contribution in [2.45, 2.75) is 13.0 Å². The SMILES string of the molecule is COP(=O)([O-])OCC(C)O. The maximum absolute atomic E-state index is 10.4. The van der Waals surface area contributed by atoms with Crippen molar-refractivity contribution >= 4 is 7.82 Å². The van der Waals surface area contributed by atoms with Crippen molar-refractivity contribution in [2.24, 2.45) is 0 Å². The van der Waals surface area contributed by atoms with E-state index in [1.165, 1.54) is 6.92 Å². The Kier molecular flexibility index (Phi) is 4.08. The summed E-state index contributed by atoms with van der Waals surface area (Å²) in [6.07, 6.45) is -0.808. The third-order valence-corrected chi connectivity index (χ3v) is 1.61. The molecule has 0 aromatic rings. The molecule has 1 N–H and O–H groups in total. The van der Waals surface area contributed by atoms with Crippen molar-refractivity contribution in [1.29, 1.82) is 0 Å². The van der Waals surface area contributed by atoms with Crippen LogP contribution in [-0.4, -0.2) is 24.9 Å². The van der Waals surface area contributed by atoms with Gasteiger partial charge in [-0.2, -0.15) is 0 Å². The Hall–Kier alpha value is 0.0700. The highest BCUT2D eigenvalue weighted by atomic mass is 31.2. The summed E-state index contributed by atoms with van der Waals surface area (Å²) >= 11 is 0. The zero-order valence-electron chi connectivity index (χ0n) is 5.81. The first-order valence-electron chi connectivity index (χ1n) is 2.67. The molecule has 0 heterocycles. The number of rotatable bonds is 4.